The van der Waals surface area contributed by atoms with Crippen molar-refractivity contribution in [3.8, 4) is 11.5 Å². The number of hydrogen-bond donors (Lipinski definition) is 1. The van der Waals surface area contributed by atoms with Crippen LogP contribution in [0.3, 0.4) is 0 Å². The number of benzene rings is 1. The van der Waals surface area contributed by atoms with Crippen LogP contribution >= 0.6 is 0 Å². The highest BCUT2D eigenvalue weighted by atomic mass is 16.5. The third-order valence-electron chi connectivity index (χ3n) is 5.82. The highest BCUT2D eigenvalue weighted by molar-refractivity contribution is 5.72. The fourth-order valence-electron chi connectivity index (χ4n) is 3.52. The number of nitrogens with two attached hydrogens (primary N) is 1. The summed E-state index contributed by atoms with van der Waals surface area (Å²) >= 11 is 0. The van der Waals surface area contributed by atoms with Gasteiger partial charge in [-0.1, -0.05) is 26.8 Å². The lowest BCUT2D eigenvalue weighted by Crippen LogP contribution is -2.39. The largest absolute Gasteiger partial charge is 0.493 e. The Labute approximate surface area is 183 Å². The third kappa shape index (κ3) is 8.92. The van der Waals surface area contributed by atoms with Crippen molar-refractivity contribution in [1.82, 2.24) is 4.90 Å². The first-order valence-corrected chi connectivity index (χ1v) is 10.9. The number of methoxy groups -OCH3 is 2. The summed E-state index contributed by atoms with van der Waals surface area (Å²) in [5.41, 5.74) is 7.75. The molecule has 6 nitrogen and oxygen atoms in total. The van der Waals surface area contributed by atoms with Crippen molar-refractivity contribution in [3.05, 3.63) is 23.8 Å². The predicted octanol–water partition coefficient (Wildman–Crippen LogP) is 3.76. The van der Waals surface area contributed by atoms with Crippen LogP contribution in [0.15, 0.2) is 18.2 Å². The van der Waals surface area contributed by atoms with Crippen LogP contribution in [-0.4, -0.2) is 57.9 Å². The molecule has 0 saturated heterocycles. The molecule has 1 aromatic rings. The SMILES string of the molecule is COCCCOc1cc(C[C@@H](C[C@H](N)C(C)CN(C)C(C)=O)C(C)C)ccc1OC. The Morgan fingerprint density at radius 1 is 1.13 bits per heavy atom. The van der Waals surface area contributed by atoms with Gasteiger partial charge in [-0.3, -0.25) is 4.79 Å². The lowest BCUT2D eigenvalue weighted by molar-refractivity contribution is -0.128. The van der Waals surface area contributed by atoms with Gasteiger partial charge in [0, 0.05) is 46.7 Å². The summed E-state index contributed by atoms with van der Waals surface area (Å²) in [4.78, 5) is 13.3. The van der Waals surface area contributed by atoms with Crippen LogP contribution in [-0.2, 0) is 16.0 Å². The first kappa shape index (κ1) is 26.2. The second-order valence-corrected chi connectivity index (χ2v) is 8.66. The minimum atomic E-state index is 0.0437. The molecule has 0 radical (unpaired) electrons. The number of amides is 1. The zero-order valence-electron chi connectivity index (χ0n) is 19.9. The van der Waals surface area contributed by atoms with Gasteiger partial charge in [-0.2, -0.15) is 0 Å². The molecule has 172 valence electrons. The first-order chi connectivity index (χ1) is 14.2. The Morgan fingerprint density at radius 2 is 1.83 bits per heavy atom. The van der Waals surface area contributed by atoms with Crippen molar-refractivity contribution in [3.63, 3.8) is 0 Å². The molecule has 0 bridgehead atoms. The second kappa shape index (κ2) is 13.5. The van der Waals surface area contributed by atoms with E-state index in [2.05, 4.69) is 32.9 Å². The molecule has 6 heteroatoms. The van der Waals surface area contributed by atoms with Crippen molar-refractivity contribution in [2.45, 2.75) is 53.0 Å². The van der Waals surface area contributed by atoms with E-state index in [4.69, 9.17) is 19.9 Å². The number of ether oxygens (including phenoxy) is 3. The van der Waals surface area contributed by atoms with E-state index >= 15 is 0 Å². The number of hydrogen-bond acceptors (Lipinski definition) is 5. The molecule has 0 aromatic heterocycles. The summed E-state index contributed by atoms with van der Waals surface area (Å²) < 4.78 is 16.5. The fourth-order valence-corrected chi connectivity index (χ4v) is 3.52. The van der Waals surface area contributed by atoms with Gasteiger partial charge in [0.25, 0.3) is 0 Å². The molecule has 1 unspecified atom stereocenters. The predicted molar refractivity (Wildman–Crippen MR) is 122 cm³/mol. The van der Waals surface area contributed by atoms with Crippen molar-refractivity contribution in [1.29, 1.82) is 0 Å². The van der Waals surface area contributed by atoms with Gasteiger partial charge in [-0.25, -0.2) is 0 Å². The van der Waals surface area contributed by atoms with Gasteiger partial charge in [0.15, 0.2) is 11.5 Å². The molecule has 0 saturated carbocycles. The summed E-state index contributed by atoms with van der Waals surface area (Å²) in [5.74, 6) is 2.78. The van der Waals surface area contributed by atoms with E-state index in [1.54, 1.807) is 26.0 Å². The highest BCUT2D eigenvalue weighted by Gasteiger charge is 2.23. The van der Waals surface area contributed by atoms with Crippen LogP contribution in [0, 0.1) is 17.8 Å². The van der Waals surface area contributed by atoms with E-state index in [0.717, 1.165) is 30.8 Å². The molecule has 1 amide bonds. The number of nitrogens with zero attached hydrogens (tertiary/aromatic N) is 1. The Hall–Kier alpha value is -1.79. The lowest BCUT2D eigenvalue weighted by Gasteiger charge is -2.30. The first-order valence-electron chi connectivity index (χ1n) is 10.9. The quantitative estimate of drug-likeness (QED) is 0.462. The fraction of sp³-hybridized carbons (Fsp3) is 0.708. The second-order valence-electron chi connectivity index (χ2n) is 8.66. The standard InChI is InChI=1S/C24H42N2O4/c1-17(2)21(15-22(25)18(3)16-26(5)19(4)27)13-20-9-10-23(29-7)24(14-20)30-12-8-11-28-6/h9-10,14,17-18,21-22H,8,11-13,15-16,25H2,1-7H3/t18?,21-,22-/m0/s1. The van der Waals surface area contributed by atoms with Crippen LogP contribution < -0.4 is 15.2 Å². The number of rotatable bonds is 14. The highest BCUT2D eigenvalue weighted by Crippen LogP contribution is 2.31. The number of carbonyl (C=O) groups is 1. The summed E-state index contributed by atoms with van der Waals surface area (Å²) in [7, 11) is 5.18. The minimum Gasteiger partial charge on any atom is -0.493 e. The molecule has 1 aromatic carbocycles. The molecular formula is C24H42N2O4. The maximum absolute atomic E-state index is 11.5. The summed E-state index contributed by atoms with van der Waals surface area (Å²) in [6, 6.07) is 6.21. The molecule has 0 aliphatic carbocycles. The third-order valence-corrected chi connectivity index (χ3v) is 5.82. The van der Waals surface area contributed by atoms with E-state index < -0.39 is 0 Å². The average molecular weight is 423 g/mol. The zero-order valence-corrected chi connectivity index (χ0v) is 19.9. The Kier molecular flexibility index (Phi) is 11.8. The average Bonchev–Trinajstić information content (AvgIpc) is 2.70. The number of carbonyl (C=O) groups excluding carboxylic acids is 1. The topological polar surface area (TPSA) is 74.0 Å². The zero-order chi connectivity index (χ0) is 22.7. The van der Waals surface area contributed by atoms with E-state index in [1.165, 1.54) is 5.56 Å². The van der Waals surface area contributed by atoms with E-state index in [0.29, 0.717) is 31.6 Å². The van der Waals surface area contributed by atoms with Crippen molar-refractivity contribution >= 4 is 5.91 Å². The van der Waals surface area contributed by atoms with Gasteiger partial charge in [-0.05, 0) is 48.3 Å². The molecule has 1 rings (SSSR count). The van der Waals surface area contributed by atoms with Crippen molar-refractivity contribution in [2.24, 2.45) is 23.5 Å². The van der Waals surface area contributed by atoms with Crippen LogP contribution in [0.5, 0.6) is 11.5 Å². The maximum atomic E-state index is 11.5. The van der Waals surface area contributed by atoms with E-state index in [1.807, 2.05) is 13.1 Å². The van der Waals surface area contributed by atoms with Crippen LogP contribution in [0.2, 0.25) is 0 Å². The van der Waals surface area contributed by atoms with Crippen molar-refractivity contribution < 1.29 is 19.0 Å². The molecule has 3 atom stereocenters. The van der Waals surface area contributed by atoms with E-state index in [-0.39, 0.29) is 17.9 Å². The van der Waals surface area contributed by atoms with Gasteiger partial charge < -0.3 is 24.8 Å². The molecule has 0 heterocycles. The summed E-state index contributed by atoms with van der Waals surface area (Å²) in [5, 5.41) is 0. The van der Waals surface area contributed by atoms with Crippen LogP contribution in [0.4, 0.5) is 0 Å². The maximum Gasteiger partial charge on any atom is 0.219 e. The van der Waals surface area contributed by atoms with Gasteiger partial charge >= 0.3 is 0 Å². The molecular weight excluding hydrogens is 380 g/mol. The van der Waals surface area contributed by atoms with Crippen LogP contribution in [0.25, 0.3) is 0 Å². The van der Waals surface area contributed by atoms with Gasteiger partial charge in [0.2, 0.25) is 5.91 Å². The monoisotopic (exact) mass is 422 g/mol. The minimum absolute atomic E-state index is 0.0437. The lowest BCUT2D eigenvalue weighted by atomic mass is 9.81. The van der Waals surface area contributed by atoms with Crippen LogP contribution in [0.1, 0.15) is 46.1 Å². The molecule has 0 aliphatic rings. The summed E-state index contributed by atoms with van der Waals surface area (Å²) in [6.45, 7) is 10.2. The molecule has 30 heavy (non-hydrogen) atoms. The van der Waals surface area contributed by atoms with Gasteiger partial charge in [0.1, 0.15) is 0 Å². The van der Waals surface area contributed by atoms with E-state index in [9.17, 15) is 4.79 Å². The summed E-state index contributed by atoms with van der Waals surface area (Å²) in [6.07, 6.45) is 2.68. The Morgan fingerprint density at radius 3 is 2.40 bits per heavy atom. The normalized spacial score (nSPS) is 14.3. The molecule has 0 spiro atoms. The van der Waals surface area contributed by atoms with Gasteiger partial charge in [-0.15, -0.1) is 0 Å². The molecule has 0 fully saturated rings. The molecule has 2 N–H and O–H groups in total. The Balaban J connectivity index is 2.80. The molecule has 0 aliphatic heterocycles. The van der Waals surface area contributed by atoms with Gasteiger partial charge in [0.05, 0.1) is 13.7 Å². The smallest absolute Gasteiger partial charge is 0.219 e. The van der Waals surface area contributed by atoms with Crippen molar-refractivity contribution in [2.75, 3.05) is 41.0 Å². The Bertz CT molecular complexity index is 636.